The smallest absolute Gasteiger partial charge is 0.343 e. The third kappa shape index (κ3) is 7.16. The van der Waals surface area contributed by atoms with E-state index in [0.717, 1.165) is 0 Å². The lowest BCUT2D eigenvalue weighted by Crippen LogP contribution is -2.32. The number of hydrazone groups is 1. The van der Waals surface area contributed by atoms with E-state index in [1.54, 1.807) is 66.7 Å². The van der Waals surface area contributed by atoms with Crippen LogP contribution in [0.3, 0.4) is 0 Å². The van der Waals surface area contributed by atoms with Gasteiger partial charge in [0.05, 0.1) is 18.4 Å². The van der Waals surface area contributed by atoms with Gasteiger partial charge in [-0.15, -0.1) is 0 Å². The number of ether oxygens (including phenoxy) is 2. The minimum absolute atomic E-state index is 0.214. The molecule has 0 heterocycles. The number of benzene rings is 3. The maximum absolute atomic E-state index is 12.5. The molecule has 2 amide bonds. The second-order valence-electron chi connectivity index (χ2n) is 6.69. The number of carbonyl (C=O) groups excluding carboxylic acids is 3. The number of hydrogen-bond acceptors (Lipinski definition) is 6. The van der Waals surface area contributed by atoms with Crippen LogP contribution in [0.5, 0.6) is 11.5 Å². The van der Waals surface area contributed by atoms with Crippen molar-refractivity contribution in [1.29, 1.82) is 0 Å². The van der Waals surface area contributed by atoms with E-state index in [2.05, 4.69) is 31.8 Å². The van der Waals surface area contributed by atoms with Crippen LogP contribution in [0.25, 0.3) is 0 Å². The van der Waals surface area contributed by atoms with Gasteiger partial charge in [0.1, 0.15) is 11.5 Å². The highest BCUT2D eigenvalue weighted by atomic mass is 79.9. The third-order valence-electron chi connectivity index (χ3n) is 4.25. The average molecular weight is 545 g/mol. The molecule has 0 saturated heterocycles. The van der Waals surface area contributed by atoms with Crippen LogP contribution in [0, 0.1) is 0 Å². The molecule has 8 nitrogen and oxygen atoms in total. The summed E-state index contributed by atoms with van der Waals surface area (Å²) in [5, 5.41) is 6.72. The Morgan fingerprint density at radius 1 is 1.00 bits per heavy atom. The zero-order chi connectivity index (χ0) is 24.5. The molecule has 0 spiro atoms. The van der Waals surface area contributed by atoms with E-state index < -0.39 is 17.8 Å². The van der Waals surface area contributed by atoms with Gasteiger partial charge in [-0.3, -0.25) is 9.59 Å². The van der Waals surface area contributed by atoms with E-state index in [-0.39, 0.29) is 5.75 Å². The molecular weight excluding hydrogens is 526 g/mol. The molecule has 0 aliphatic rings. The number of carbonyl (C=O) groups is 3. The first kappa shape index (κ1) is 24.9. The molecule has 0 atom stereocenters. The largest absolute Gasteiger partial charge is 0.494 e. The quantitative estimate of drug-likeness (QED) is 0.146. The molecule has 34 heavy (non-hydrogen) atoms. The summed E-state index contributed by atoms with van der Waals surface area (Å²) < 4.78 is 11.5. The third-order valence-corrected chi connectivity index (χ3v) is 5.00. The molecule has 0 aliphatic carbocycles. The summed E-state index contributed by atoms with van der Waals surface area (Å²) in [5.41, 5.74) is 3.27. The summed E-state index contributed by atoms with van der Waals surface area (Å²) >= 11 is 9.13. The van der Waals surface area contributed by atoms with Crippen molar-refractivity contribution < 1.29 is 23.9 Å². The first-order chi connectivity index (χ1) is 16.4. The lowest BCUT2D eigenvalue weighted by atomic mass is 10.2. The summed E-state index contributed by atoms with van der Waals surface area (Å²) in [5.74, 6) is -1.60. The Labute approximate surface area is 209 Å². The van der Waals surface area contributed by atoms with Crippen LogP contribution in [-0.2, 0) is 9.59 Å². The van der Waals surface area contributed by atoms with Crippen LogP contribution in [0.2, 0.25) is 5.02 Å². The molecule has 0 radical (unpaired) electrons. The molecule has 174 valence electrons. The van der Waals surface area contributed by atoms with E-state index >= 15 is 0 Å². The standard InChI is InChI=1S/C24H19BrClN3O5/c1-2-33-20-10-3-15(4-11-20)24(32)34-21-12-5-17(25)13-16(21)14-27-29-23(31)22(30)28-19-8-6-18(26)7-9-19/h3-14H,2H2,1H3,(H,28,30)(H,29,31). The van der Waals surface area contributed by atoms with Crippen molar-refractivity contribution in [3.05, 3.63) is 87.4 Å². The fourth-order valence-electron chi connectivity index (χ4n) is 2.66. The molecule has 10 heteroatoms. The van der Waals surface area contributed by atoms with E-state index in [0.29, 0.717) is 38.7 Å². The number of nitrogens with zero attached hydrogens (tertiary/aromatic N) is 1. The fraction of sp³-hybridized carbons (Fsp3) is 0.0833. The Hall–Kier alpha value is -3.69. The molecule has 0 saturated carbocycles. The molecular formula is C24H19BrClN3O5. The summed E-state index contributed by atoms with van der Waals surface area (Å²) in [6.07, 6.45) is 1.26. The number of amides is 2. The van der Waals surface area contributed by atoms with Crippen LogP contribution in [0.4, 0.5) is 5.69 Å². The molecule has 0 unspecified atom stereocenters. The van der Waals surface area contributed by atoms with Crippen LogP contribution in [0.15, 0.2) is 76.3 Å². The Morgan fingerprint density at radius 2 is 1.71 bits per heavy atom. The van der Waals surface area contributed by atoms with E-state index in [1.165, 1.54) is 6.21 Å². The van der Waals surface area contributed by atoms with Crippen LogP contribution in [-0.4, -0.2) is 30.6 Å². The zero-order valence-corrected chi connectivity index (χ0v) is 20.2. The molecule has 0 aromatic heterocycles. The van der Waals surface area contributed by atoms with E-state index in [4.69, 9.17) is 21.1 Å². The molecule has 0 aliphatic heterocycles. The van der Waals surface area contributed by atoms with Crippen molar-refractivity contribution in [2.24, 2.45) is 5.10 Å². The first-order valence-corrected chi connectivity index (χ1v) is 11.2. The minimum atomic E-state index is -0.978. The van der Waals surface area contributed by atoms with Crippen LogP contribution >= 0.6 is 27.5 Å². The fourth-order valence-corrected chi connectivity index (χ4v) is 3.16. The predicted octanol–water partition coefficient (Wildman–Crippen LogP) is 4.81. The van der Waals surface area contributed by atoms with Gasteiger partial charge in [-0.25, -0.2) is 10.2 Å². The van der Waals surface area contributed by atoms with Gasteiger partial charge >= 0.3 is 17.8 Å². The monoisotopic (exact) mass is 543 g/mol. The van der Waals surface area contributed by atoms with E-state index in [9.17, 15) is 14.4 Å². The number of anilines is 1. The van der Waals surface area contributed by atoms with Crippen molar-refractivity contribution in [2.45, 2.75) is 6.92 Å². The molecule has 0 bridgehead atoms. The van der Waals surface area contributed by atoms with Gasteiger partial charge in [-0.05, 0) is 73.7 Å². The van der Waals surface area contributed by atoms with Gasteiger partial charge in [0.2, 0.25) is 0 Å². The Bertz CT molecular complexity index is 1210. The maximum Gasteiger partial charge on any atom is 0.343 e. The van der Waals surface area contributed by atoms with Gasteiger partial charge < -0.3 is 14.8 Å². The van der Waals surface area contributed by atoms with Gasteiger partial charge in [0.15, 0.2) is 0 Å². The molecule has 3 aromatic carbocycles. The van der Waals surface area contributed by atoms with Crippen LogP contribution in [0.1, 0.15) is 22.8 Å². The van der Waals surface area contributed by atoms with Crippen molar-refractivity contribution in [3.8, 4) is 11.5 Å². The number of halogens is 2. The van der Waals surface area contributed by atoms with Gasteiger partial charge in [-0.1, -0.05) is 27.5 Å². The van der Waals surface area contributed by atoms with Gasteiger partial charge in [0, 0.05) is 20.7 Å². The van der Waals surface area contributed by atoms with Crippen LogP contribution < -0.4 is 20.2 Å². The predicted molar refractivity (Wildman–Crippen MR) is 133 cm³/mol. The number of rotatable bonds is 7. The summed E-state index contributed by atoms with van der Waals surface area (Å²) in [6.45, 7) is 2.39. The summed E-state index contributed by atoms with van der Waals surface area (Å²) in [4.78, 5) is 36.6. The molecule has 3 rings (SSSR count). The highest BCUT2D eigenvalue weighted by Crippen LogP contribution is 2.23. The summed E-state index contributed by atoms with van der Waals surface area (Å²) in [6, 6.07) is 17.7. The SMILES string of the molecule is CCOc1ccc(C(=O)Oc2ccc(Br)cc2C=NNC(=O)C(=O)Nc2ccc(Cl)cc2)cc1. The van der Waals surface area contributed by atoms with Gasteiger partial charge in [-0.2, -0.15) is 5.10 Å². The van der Waals surface area contributed by atoms with Gasteiger partial charge in [0.25, 0.3) is 0 Å². The second kappa shape index (κ2) is 12.0. The Morgan fingerprint density at radius 3 is 2.38 bits per heavy atom. The first-order valence-electron chi connectivity index (χ1n) is 10.00. The number of nitrogens with one attached hydrogen (secondary N) is 2. The normalized spacial score (nSPS) is 10.6. The lowest BCUT2D eigenvalue weighted by Gasteiger charge is -2.09. The minimum Gasteiger partial charge on any atom is -0.494 e. The Balaban J connectivity index is 1.64. The van der Waals surface area contributed by atoms with Crippen molar-refractivity contribution >= 4 is 57.2 Å². The lowest BCUT2D eigenvalue weighted by molar-refractivity contribution is -0.136. The highest BCUT2D eigenvalue weighted by Gasteiger charge is 2.14. The van der Waals surface area contributed by atoms with Crippen molar-refractivity contribution in [3.63, 3.8) is 0 Å². The molecule has 3 aromatic rings. The zero-order valence-electron chi connectivity index (χ0n) is 17.9. The number of esters is 1. The topological polar surface area (TPSA) is 106 Å². The average Bonchev–Trinajstić information content (AvgIpc) is 2.82. The highest BCUT2D eigenvalue weighted by molar-refractivity contribution is 9.10. The van der Waals surface area contributed by atoms with Crippen molar-refractivity contribution in [2.75, 3.05) is 11.9 Å². The van der Waals surface area contributed by atoms with Crippen molar-refractivity contribution in [1.82, 2.24) is 5.43 Å². The Kier molecular flexibility index (Phi) is 8.78. The molecule has 0 fully saturated rings. The number of hydrogen-bond donors (Lipinski definition) is 2. The summed E-state index contributed by atoms with van der Waals surface area (Å²) in [7, 11) is 0. The molecule has 2 N–H and O–H groups in total. The maximum atomic E-state index is 12.5. The second-order valence-corrected chi connectivity index (χ2v) is 8.04. The van der Waals surface area contributed by atoms with E-state index in [1.807, 2.05) is 6.92 Å².